The molecule has 3 rings (SSSR count). The Kier molecular flexibility index (Phi) is 9.69. The molecule has 3 N–H and O–H groups in total. The van der Waals surface area contributed by atoms with E-state index >= 15 is 0 Å². The van der Waals surface area contributed by atoms with E-state index in [2.05, 4.69) is 32.9 Å². The van der Waals surface area contributed by atoms with Gasteiger partial charge in [-0.05, 0) is 38.5 Å². The summed E-state index contributed by atoms with van der Waals surface area (Å²) in [4.78, 5) is 36.0. The summed E-state index contributed by atoms with van der Waals surface area (Å²) in [5.41, 5.74) is 2.65. The maximum absolute atomic E-state index is 12.5. The van der Waals surface area contributed by atoms with Crippen LogP contribution in [0.4, 0.5) is 0 Å². The summed E-state index contributed by atoms with van der Waals surface area (Å²) in [6.45, 7) is 9.14. The molecule has 8 nitrogen and oxygen atoms in total. The van der Waals surface area contributed by atoms with Gasteiger partial charge < -0.3 is 20.9 Å². The molecule has 2 heterocycles. The van der Waals surface area contributed by atoms with Crippen LogP contribution in [0.15, 0.2) is 29.3 Å². The molecular weight excluding hydrogens is 527 g/mol. The number of nitrogens with one attached hydrogen (secondary N) is 3. The van der Waals surface area contributed by atoms with E-state index in [0.29, 0.717) is 31.7 Å². The van der Waals surface area contributed by atoms with Crippen molar-refractivity contribution in [3.63, 3.8) is 0 Å². The van der Waals surface area contributed by atoms with E-state index in [4.69, 9.17) is 0 Å². The van der Waals surface area contributed by atoms with Crippen molar-refractivity contribution in [1.29, 1.82) is 0 Å². The van der Waals surface area contributed by atoms with Gasteiger partial charge in [0.2, 0.25) is 5.91 Å². The molecule has 1 fully saturated rings. The van der Waals surface area contributed by atoms with Gasteiger partial charge in [0.1, 0.15) is 5.01 Å². The first-order chi connectivity index (χ1) is 14.5. The fraction of sp³-hybridized carbons (Fsp3) is 0.429. The number of rotatable bonds is 6. The van der Waals surface area contributed by atoms with Crippen molar-refractivity contribution in [2.75, 3.05) is 26.2 Å². The van der Waals surface area contributed by atoms with Gasteiger partial charge in [-0.1, -0.05) is 12.1 Å². The quantitative estimate of drug-likeness (QED) is 0.288. The maximum Gasteiger partial charge on any atom is 0.254 e. The third kappa shape index (κ3) is 7.17. The molecular formula is C21H29IN6O2S. The van der Waals surface area contributed by atoms with Gasteiger partial charge in [0.15, 0.2) is 5.96 Å². The Morgan fingerprint density at radius 1 is 1.26 bits per heavy atom. The molecule has 0 spiro atoms. The monoisotopic (exact) mass is 556 g/mol. The highest BCUT2D eigenvalue weighted by Crippen LogP contribution is 2.16. The van der Waals surface area contributed by atoms with Crippen molar-refractivity contribution in [2.24, 2.45) is 4.99 Å². The Hall–Kier alpha value is -2.21. The second kappa shape index (κ2) is 12.0. The zero-order chi connectivity index (χ0) is 21.5. The van der Waals surface area contributed by atoms with Crippen LogP contribution in [-0.2, 0) is 17.9 Å². The van der Waals surface area contributed by atoms with Gasteiger partial charge in [-0.25, -0.2) is 9.98 Å². The number of aliphatic imine (C=N–C) groups is 1. The number of nitrogens with zero attached hydrogens (tertiary/aromatic N) is 3. The smallest absolute Gasteiger partial charge is 0.254 e. The topological polar surface area (TPSA) is 98.7 Å². The van der Waals surface area contributed by atoms with E-state index in [1.807, 2.05) is 26.0 Å². The number of thiazole rings is 1. The minimum atomic E-state index is -0.121. The highest BCUT2D eigenvalue weighted by molar-refractivity contribution is 14.0. The fourth-order valence-corrected chi connectivity index (χ4v) is 3.91. The molecule has 0 saturated carbocycles. The fourth-order valence-electron chi connectivity index (χ4n) is 3.03. The molecule has 31 heavy (non-hydrogen) atoms. The molecule has 2 aromatic rings. The largest absolute Gasteiger partial charge is 0.357 e. The van der Waals surface area contributed by atoms with Crippen LogP contribution in [0.2, 0.25) is 0 Å². The van der Waals surface area contributed by atoms with Gasteiger partial charge in [0.25, 0.3) is 5.91 Å². The van der Waals surface area contributed by atoms with Gasteiger partial charge in [-0.2, -0.15) is 0 Å². The molecule has 2 amide bonds. The molecule has 10 heteroatoms. The number of piperazine rings is 1. The van der Waals surface area contributed by atoms with Gasteiger partial charge >= 0.3 is 0 Å². The lowest BCUT2D eigenvalue weighted by Crippen LogP contribution is -2.49. The van der Waals surface area contributed by atoms with Gasteiger partial charge in [0.05, 0.1) is 25.3 Å². The average Bonchev–Trinajstić information content (AvgIpc) is 3.07. The number of carbonyl (C=O) groups is 2. The predicted molar refractivity (Wildman–Crippen MR) is 134 cm³/mol. The average molecular weight is 556 g/mol. The molecule has 0 atom stereocenters. The molecule has 0 aliphatic carbocycles. The molecule has 1 aliphatic rings. The molecule has 0 radical (unpaired) electrons. The summed E-state index contributed by atoms with van der Waals surface area (Å²) in [5, 5.41) is 10.3. The Morgan fingerprint density at radius 3 is 2.61 bits per heavy atom. The zero-order valence-corrected chi connectivity index (χ0v) is 21.2. The number of hydrogen-bond donors (Lipinski definition) is 3. The van der Waals surface area contributed by atoms with Crippen LogP contribution >= 0.6 is 35.3 Å². The highest BCUT2D eigenvalue weighted by Gasteiger charge is 2.22. The molecule has 1 aliphatic heterocycles. The lowest BCUT2D eigenvalue weighted by atomic mass is 10.1. The normalized spacial score (nSPS) is 14.0. The number of amides is 2. The number of aromatic nitrogens is 1. The molecule has 168 valence electrons. The van der Waals surface area contributed by atoms with Crippen molar-refractivity contribution in [3.8, 4) is 0 Å². The van der Waals surface area contributed by atoms with E-state index in [-0.39, 0.29) is 42.3 Å². The summed E-state index contributed by atoms with van der Waals surface area (Å²) in [5.74, 6) is 0.485. The SMILES string of the molecule is CCNC(=NCc1ccc(C(=O)N2CCNC(=O)C2)cc1)NCc1nc(C)c(C)s1.I. The lowest BCUT2D eigenvalue weighted by molar-refractivity contribution is -0.123. The Bertz CT molecular complexity index is 909. The van der Waals surface area contributed by atoms with Crippen LogP contribution in [0, 0.1) is 13.8 Å². The Balaban J connectivity index is 0.00000341. The van der Waals surface area contributed by atoms with Gasteiger partial charge in [0, 0.05) is 30.1 Å². The minimum Gasteiger partial charge on any atom is -0.357 e. The van der Waals surface area contributed by atoms with Crippen molar-refractivity contribution >= 4 is 53.1 Å². The van der Waals surface area contributed by atoms with Crippen LogP contribution in [-0.4, -0.2) is 53.8 Å². The predicted octanol–water partition coefficient (Wildman–Crippen LogP) is 2.21. The first kappa shape index (κ1) is 25.1. The standard InChI is InChI=1S/C21H28N6O2S.HI/c1-4-22-21(25-12-19-26-14(2)15(3)30-19)24-11-16-5-7-17(8-6-16)20(29)27-10-9-23-18(28)13-27;/h5-8H,4,9-13H2,1-3H3,(H,23,28)(H2,22,24,25);1H. The van der Waals surface area contributed by atoms with E-state index in [0.717, 1.165) is 28.8 Å². The van der Waals surface area contributed by atoms with Crippen LogP contribution < -0.4 is 16.0 Å². The summed E-state index contributed by atoms with van der Waals surface area (Å²) >= 11 is 1.69. The summed E-state index contributed by atoms with van der Waals surface area (Å²) in [6.07, 6.45) is 0. The molecule has 0 bridgehead atoms. The third-order valence-corrected chi connectivity index (χ3v) is 5.84. The number of carbonyl (C=O) groups excluding carboxylic acids is 2. The summed E-state index contributed by atoms with van der Waals surface area (Å²) in [6, 6.07) is 7.39. The number of guanidine groups is 1. The maximum atomic E-state index is 12.5. The van der Waals surface area contributed by atoms with E-state index in [9.17, 15) is 9.59 Å². The van der Waals surface area contributed by atoms with Crippen LogP contribution in [0.5, 0.6) is 0 Å². The summed E-state index contributed by atoms with van der Waals surface area (Å²) in [7, 11) is 0. The van der Waals surface area contributed by atoms with Crippen molar-refractivity contribution in [1.82, 2.24) is 25.8 Å². The van der Waals surface area contributed by atoms with E-state index < -0.39 is 0 Å². The second-order valence-corrected chi connectivity index (χ2v) is 8.36. The van der Waals surface area contributed by atoms with Crippen molar-refractivity contribution < 1.29 is 9.59 Å². The molecule has 0 unspecified atom stereocenters. The van der Waals surface area contributed by atoms with Gasteiger partial charge in [-0.3, -0.25) is 9.59 Å². The summed E-state index contributed by atoms with van der Waals surface area (Å²) < 4.78 is 0. The Morgan fingerprint density at radius 2 is 2.00 bits per heavy atom. The third-order valence-electron chi connectivity index (χ3n) is 4.77. The van der Waals surface area contributed by atoms with Crippen LogP contribution in [0.25, 0.3) is 0 Å². The highest BCUT2D eigenvalue weighted by atomic mass is 127. The first-order valence-electron chi connectivity index (χ1n) is 10.1. The number of aryl methyl sites for hydroxylation is 2. The molecule has 1 saturated heterocycles. The second-order valence-electron chi connectivity index (χ2n) is 7.07. The lowest BCUT2D eigenvalue weighted by Gasteiger charge is -2.26. The van der Waals surface area contributed by atoms with Crippen molar-refractivity contribution in [3.05, 3.63) is 51.0 Å². The van der Waals surface area contributed by atoms with Crippen LogP contribution in [0.1, 0.15) is 38.4 Å². The van der Waals surface area contributed by atoms with Crippen LogP contribution in [0.3, 0.4) is 0 Å². The number of halogens is 1. The number of benzene rings is 1. The minimum absolute atomic E-state index is 0. The molecule has 1 aromatic carbocycles. The van der Waals surface area contributed by atoms with E-state index in [1.54, 1.807) is 28.4 Å². The first-order valence-corrected chi connectivity index (χ1v) is 10.9. The number of hydrogen-bond acceptors (Lipinski definition) is 5. The van der Waals surface area contributed by atoms with Crippen molar-refractivity contribution in [2.45, 2.75) is 33.9 Å². The molecule has 1 aromatic heterocycles. The Labute approximate surface area is 203 Å². The van der Waals surface area contributed by atoms with E-state index in [1.165, 1.54) is 4.88 Å². The van der Waals surface area contributed by atoms with Gasteiger partial charge in [-0.15, -0.1) is 35.3 Å². The zero-order valence-electron chi connectivity index (χ0n) is 18.0.